The molecule has 0 heterocycles. The Morgan fingerprint density at radius 2 is 1.68 bits per heavy atom. The van der Waals surface area contributed by atoms with Crippen molar-refractivity contribution in [3.05, 3.63) is 30.3 Å². The molecule has 0 bridgehead atoms. The van der Waals surface area contributed by atoms with Gasteiger partial charge in [0.25, 0.3) is 10.0 Å². The van der Waals surface area contributed by atoms with Crippen LogP contribution in [0.4, 0.5) is 0 Å². The highest BCUT2D eigenvalue weighted by Gasteiger charge is 2.29. The van der Waals surface area contributed by atoms with E-state index in [0.717, 1.165) is 0 Å². The molecule has 0 radical (unpaired) electrons. The first kappa shape index (κ1) is 18.5. The number of nitrogens with zero attached hydrogens (tertiary/aromatic N) is 1. The Labute approximate surface area is 127 Å². The van der Waals surface area contributed by atoms with Crippen LogP contribution in [-0.4, -0.2) is 71.2 Å². The van der Waals surface area contributed by atoms with Crippen molar-refractivity contribution in [2.24, 2.45) is 5.10 Å². The lowest BCUT2D eigenvalue weighted by Gasteiger charge is -2.23. The molecule has 1 rings (SSSR count). The molecule has 0 saturated carbocycles. The third kappa shape index (κ3) is 5.02. The lowest BCUT2D eigenvalue weighted by Crippen LogP contribution is -2.46. The van der Waals surface area contributed by atoms with Gasteiger partial charge in [0.1, 0.15) is 24.4 Å². The molecule has 124 valence electrons. The zero-order valence-electron chi connectivity index (χ0n) is 11.4. The van der Waals surface area contributed by atoms with Crippen molar-refractivity contribution in [1.29, 1.82) is 0 Å². The smallest absolute Gasteiger partial charge is 0.276 e. The minimum atomic E-state index is -3.92. The van der Waals surface area contributed by atoms with Gasteiger partial charge in [0.05, 0.1) is 17.7 Å². The molecular weight excluding hydrogens is 316 g/mol. The van der Waals surface area contributed by atoms with Crippen LogP contribution in [0.3, 0.4) is 0 Å². The Balaban J connectivity index is 2.65. The Morgan fingerprint density at radius 1 is 1.09 bits per heavy atom. The average Bonchev–Trinajstić information content (AvgIpc) is 2.53. The maximum Gasteiger partial charge on any atom is 0.276 e. The van der Waals surface area contributed by atoms with Crippen LogP contribution < -0.4 is 4.83 Å². The molecule has 0 saturated heterocycles. The van der Waals surface area contributed by atoms with E-state index in [9.17, 15) is 23.7 Å². The monoisotopic (exact) mass is 334 g/mol. The van der Waals surface area contributed by atoms with E-state index in [4.69, 9.17) is 10.2 Å². The van der Waals surface area contributed by atoms with Crippen LogP contribution in [-0.2, 0) is 10.0 Å². The first-order valence-electron chi connectivity index (χ1n) is 6.22. The minimum Gasteiger partial charge on any atom is -0.394 e. The Morgan fingerprint density at radius 3 is 2.23 bits per heavy atom. The molecule has 22 heavy (non-hydrogen) atoms. The first-order valence-corrected chi connectivity index (χ1v) is 7.71. The Bertz CT molecular complexity index is 578. The standard InChI is InChI=1S/C12H18N2O7S/c15-7-10(17)12(19)11(18)9(16)6-13-14-22(20,21)8-4-2-1-3-5-8/h1-6,9-12,14-19H,7H2/t9-,10+,11+,12+/m0/s1. The molecule has 0 fully saturated rings. The fourth-order valence-electron chi connectivity index (χ4n) is 1.45. The predicted molar refractivity (Wildman–Crippen MR) is 76.4 cm³/mol. The molecule has 1 aromatic rings. The molecule has 0 aromatic heterocycles. The van der Waals surface area contributed by atoms with Crippen LogP contribution in [0.5, 0.6) is 0 Å². The average molecular weight is 334 g/mol. The van der Waals surface area contributed by atoms with Crippen molar-refractivity contribution in [2.45, 2.75) is 29.3 Å². The SMILES string of the molecule is O=S(=O)(NN=C[C@H](O)[C@@H](O)[C@H](O)[C@H](O)CO)c1ccccc1. The van der Waals surface area contributed by atoms with E-state index in [1.807, 2.05) is 4.83 Å². The predicted octanol–water partition coefficient (Wildman–Crippen LogP) is -2.61. The number of sulfonamides is 1. The molecule has 0 aliphatic heterocycles. The number of nitrogens with one attached hydrogen (secondary N) is 1. The molecule has 4 atom stereocenters. The quantitative estimate of drug-likeness (QED) is 0.224. The lowest BCUT2D eigenvalue weighted by molar-refractivity contribution is -0.0999. The van der Waals surface area contributed by atoms with E-state index in [1.54, 1.807) is 6.07 Å². The first-order chi connectivity index (χ1) is 10.3. The van der Waals surface area contributed by atoms with E-state index in [1.165, 1.54) is 24.3 Å². The summed E-state index contributed by atoms with van der Waals surface area (Å²) < 4.78 is 23.6. The molecule has 0 aliphatic carbocycles. The Hall–Kier alpha value is -1.56. The van der Waals surface area contributed by atoms with Gasteiger partial charge < -0.3 is 25.5 Å². The highest BCUT2D eigenvalue weighted by molar-refractivity contribution is 7.89. The van der Waals surface area contributed by atoms with Gasteiger partial charge in [0.15, 0.2) is 0 Å². The van der Waals surface area contributed by atoms with Crippen LogP contribution in [0, 0.1) is 0 Å². The van der Waals surface area contributed by atoms with Crippen molar-refractivity contribution in [2.75, 3.05) is 6.61 Å². The van der Waals surface area contributed by atoms with Crippen LogP contribution in [0.15, 0.2) is 40.3 Å². The van der Waals surface area contributed by atoms with Crippen LogP contribution in [0.25, 0.3) is 0 Å². The molecule has 0 spiro atoms. The second-order valence-corrected chi connectivity index (χ2v) is 6.07. The zero-order chi connectivity index (χ0) is 16.8. The Kier molecular flexibility index (Phi) is 6.87. The number of aliphatic hydroxyl groups is 5. The molecular formula is C12H18N2O7S. The van der Waals surface area contributed by atoms with E-state index >= 15 is 0 Å². The number of benzene rings is 1. The van der Waals surface area contributed by atoms with E-state index < -0.39 is 41.0 Å². The van der Waals surface area contributed by atoms with Crippen molar-refractivity contribution >= 4 is 16.2 Å². The molecule has 0 amide bonds. The van der Waals surface area contributed by atoms with Gasteiger partial charge in [0, 0.05) is 0 Å². The highest BCUT2D eigenvalue weighted by atomic mass is 32.2. The number of hydrogen-bond acceptors (Lipinski definition) is 8. The largest absolute Gasteiger partial charge is 0.394 e. The fourth-order valence-corrected chi connectivity index (χ4v) is 2.27. The van der Waals surface area contributed by atoms with Crippen LogP contribution in [0.2, 0.25) is 0 Å². The molecule has 6 N–H and O–H groups in total. The van der Waals surface area contributed by atoms with E-state index in [2.05, 4.69) is 5.10 Å². The summed E-state index contributed by atoms with van der Waals surface area (Å²) in [7, 11) is -3.92. The second-order valence-electron chi connectivity index (χ2n) is 4.41. The summed E-state index contributed by atoms with van der Waals surface area (Å²) in [5.74, 6) is 0. The normalized spacial score (nSPS) is 17.9. The van der Waals surface area contributed by atoms with E-state index in [-0.39, 0.29) is 4.90 Å². The minimum absolute atomic E-state index is 0.0436. The van der Waals surface area contributed by atoms with Crippen LogP contribution in [0.1, 0.15) is 0 Å². The van der Waals surface area contributed by atoms with Gasteiger partial charge in [0.2, 0.25) is 0 Å². The summed E-state index contributed by atoms with van der Waals surface area (Å²) in [4.78, 5) is 1.78. The van der Waals surface area contributed by atoms with E-state index in [0.29, 0.717) is 6.21 Å². The molecule has 9 nitrogen and oxygen atoms in total. The van der Waals surface area contributed by atoms with Gasteiger partial charge in [-0.15, -0.1) is 0 Å². The summed E-state index contributed by atoms with van der Waals surface area (Å²) in [5, 5.41) is 49.4. The highest BCUT2D eigenvalue weighted by Crippen LogP contribution is 2.07. The van der Waals surface area contributed by atoms with Gasteiger partial charge in [-0.2, -0.15) is 13.5 Å². The maximum atomic E-state index is 11.8. The summed E-state index contributed by atoms with van der Waals surface area (Å²) in [6.07, 6.45) is -6.43. The second kappa shape index (κ2) is 8.17. The number of rotatable bonds is 8. The topological polar surface area (TPSA) is 160 Å². The number of hydrazone groups is 1. The van der Waals surface area contributed by atoms with Gasteiger partial charge >= 0.3 is 0 Å². The zero-order valence-corrected chi connectivity index (χ0v) is 12.2. The summed E-state index contributed by atoms with van der Waals surface area (Å²) in [6, 6.07) is 7.35. The molecule has 0 aliphatic rings. The summed E-state index contributed by atoms with van der Waals surface area (Å²) in [6.45, 7) is -0.817. The lowest BCUT2D eigenvalue weighted by atomic mass is 10.0. The van der Waals surface area contributed by atoms with Gasteiger partial charge in [-0.05, 0) is 12.1 Å². The van der Waals surface area contributed by atoms with Crippen molar-refractivity contribution < 1.29 is 34.0 Å². The number of hydrogen-bond donors (Lipinski definition) is 6. The molecule has 10 heteroatoms. The summed E-state index contributed by atoms with van der Waals surface area (Å²) in [5.41, 5.74) is 0. The molecule has 0 unspecified atom stereocenters. The molecule has 1 aromatic carbocycles. The van der Waals surface area contributed by atoms with Crippen molar-refractivity contribution in [3.63, 3.8) is 0 Å². The van der Waals surface area contributed by atoms with Gasteiger partial charge in [-0.3, -0.25) is 0 Å². The number of aliphatic hydroxyl groups excluding tert-OH is 5. The van der Waals surface area contributed by atoms with Crippen molar-refractivity contribution in [1.82, 2.24) is 4.83 Å². The van der Waals surface area contributed by atoms with Gasteiger partial charge in [-0.25, -0.2) is 4.83 Å². The van der Waals surface area contributed by atoms with Crippen LogP contribution >= 0.6 is 0 Å². The maximum absolute atomic E-state index is 11.8. The summed E-state index contributed by atoms with van der Waals surface area (Å²) >= 11 is 0. The third-order valence-electron chi connectivity index (χ3n) is 2.73. The third-order valence-corrected chi connectivity index (χ3v) is 3.97. The fraction of sp³-hybridized carbons (Fsp3) is 0.417. The van der Waals surface area contributed by atoms with Gasteiger partial charge in [-0.1, -0.05) is 18.2 Å². The van der Waals surface area contributed by atoms with Crippen molar-refractivity contribution in [3.8, 4) is 0 Å².